The largest absolute Gasteiger partial charge is 0.508 e. The monoisotopic (exact) mass is 464 g/mol. The highest BCUT2D eigenvalue weighted by Crippen LogP contribution is 2.38. The fourth-order valence-corrected chi connectivity index (χ4v) is 7.33. The Labute approximate surface area is 187 Å². The summed E-state index contributed by atoms with van der Waals surface area (Å²) in [5, 5.41) is 9.71. The van der Waals surface area contributed by atoms with Crippen LogP contribution in [0.3, 0.4) is 0 Å². The van der Waals surface area contributed by atoms with Crippen molar-refractivity contribution >= 4 is 27.3 Å². The van der Waals surface area contributed by atoms with Gasteiger partial charge in [-0.05, 0) is 36.6 Å². The van der Waals surface area contributed by atoms with E-state index in [9.17, 15) is 18.3 Å². The SMILES string of the molecule is C=C(C)CN(CC)S(=O)(=O)c1sc2c(c1C(=O)OC)CCN(Cc1cccc(O)c1)C2. The molecule has 1 aliphatic heterocycles. The molecule has 7 nitrogen and oxygen atoms in total. The number of rotatable bonds is 8. The van der Waals surface area contributed by atoms with Gasteiger partial charge in [0.2, 0.25) is 0 Å². The number of ether oxygens (including phenoxy) is 1. The summed E-state index contributed by atoms with van der Waals surface area (Å²) in [6.45, 7) is 9.67. The lowest BCUT2D eigenvalue weighted by Gasteiger charge is -2.27. The van der Waals surface area contributed by atoms with Crippen molar-refractivity contribution in [1.82, 2.24) is 9.21 Å². The normalized spacial score (nSPS) is 14.5. The van der Waals surface area contributed by atoms with E-state index >= 15 is 0 Å². The van der Waals surface area contributed by atoms with Gasteiger partial charge in [-0.1, -0.05) is 31.2 Å². The van der Waals surface area contributed by atoms with E-state index in [4.69, 9.17) is 4.74 Å². The maximum atomic E-state index is 13.4. The summed E-state index contributed by atoms with van der Waals surface area (Å²) >= 11 is 1.15. The van der Waals surface area contributed by atoms with E-state index in [-0.39, 0.29) is 28.6 Å². The van der Waals surface area contributed by atoms with Crippen LogP contribution in [-0.2, 0) is 34.3 Å². The van der Waals surface area contributed by atoms with E-state index in [1.54, 1.807) is 32.0 Å². The second kappa shape index (κ2) is 9.52. The molecule has 0 radical (unpaired) electrons. The van der Waals surface area contributed by atoms with Crippen LogP contribution in [-0.4, -0.2) is 55.4 Å². The Kier molecular flexibility index (Phi) is 7.20. The van der Waals surface area contributed by atoms with Gasteiger partial charge < -0.3 is 9.84 Å². The molecule has 0 amide bonds. The minimum Gasteiger partial charge on any atom is -0.508 e. The number of aromatic hydroxyl groups is 1. The molecule has 0 fully saturated rings. The van der Waals surface area contributed by atoms with Crippen molar-refractivity contribution in [3.8, 4) is 5.75 Å². The Hall–Kier alpha value is -2.20. The molecule has 1 aromatic carbocycles. The lowest BCUT2D eigenvalue weighted by atomic mass is 10.0. The predicted octanol–water partition coefficient (Wildman–Crippen LogP) is 3.39. The van der Waals surface area contributed by atoms with Gasteiger partial charge >= 0.3 is 5.97 Å². The number of methoxy groups -OCH3 is 1. The molecule has 0 saturated heterocycles. The van der Waals surface area contributed by atoms with Gasteiger partial charge in [0.05, 0.1) is 12.7 Å². The highest BCUT2D eigenvalue weighted by Gasteiger charge is 2.36. The first-order valence-electron chi connectivity index (χ1n) is 10.0. The van der Waals surface area contributed by atoms with Crippen LogP contribution in [0.1, 0.15) is 40.2 Å². The van der Waals surface area contributed by atoms with E-state index < -0.39 is 16.0 Å². The van der Waals surface area contributed by atoms with Crippen molar-refractivity contribution in [3.05, 3.63) is 58.0 Å². The smallest absolute Gasteiger partial charge is 0.340 e. The number of likely N-dealkylation sites (N-methyl/N-ethyl adjacent to an activating group) is 1. The van der Waals surface area contributed by atoms with E-state index in [1.807, 2.05) is 6.07 Å². The molecule has 0 spiro atoms. The summed E-state index contributed by atoms with van der Waals surface area (Å²) in [6, 6.07) is 7.08. The van der Waals surface area contributed by atoms with Gasteiger partial charge in [0.15, 0.2) is 0 Å². The summed E-state index contributed by atoms with van der Waals surface area (Å²) in [5.41, 5.74) is 2.62. The molecule has 1 N–H and O–H groups in total. The van der Waals surface area contributed by atoms with Crippen molar-refractivity contribution in [2.45, 2.75) is 37.6 Å². The average molecular weight is 465 g/mol. The molecule has 0 saturated carbocycles. The number of phenolic OH excluding ortho intramolecular Hbond substituents is 1. The van der Waals surface area contributed by atoms with E-state index in [2.05, 4.69) is 11.5 Å². The summed E-state index contributed by atoms with van der Waals surface area (Å²) in [5.74, 6) is -0.409. The highest BCUT2D eigenvalue weighted by atomic mass is 32.2. The number of hydrogen-bond acceptors (Lipinski definition) is 7. The molecule has 9 heteroatoms. The topological polar surface area (TPSA) is 87.2 Å². The second-order valence-electron chi connectivity index (χ2n) is 7.68. The molecule has 0 unspecified atom stereocenters. The zero-order valence-electron chi connectivity index (χ0n) is 18.1. The second-order valence-corrected chi connectivity index (χ2v) is 10.9. The molecule has 0 aliphatic carbocycles. The number of esters is 1. The lowest BCUT2D eigenvalue weighted by molar-refractivity contribution is 0.0595. The summed E-state index contributed by atoms with van der Waals surface area (Å²) < 4.78 is 33.2. The van der Waals surface area contributed by atoms with Crippen LogP contribution in [0.2, 0.25) is 0 Å². The number of carbonyl (C=O) groups is 1. The minimum absolute atomic E-state index is 0.0478. The molecule has 3 rings (SSSR count). The number of sulfonamides is 1. The van der Waals surface area contributed by atoms with Crippen molar-refractivity contribution < 1.29 is 23.1 Å². The molecule has 2 aromatic rings. The van der Waals surface area contributed by atoms with Crippen LogP contribution in [0.25, 0.3) is 0 Å². The Balaban J connectivity index is 1.97. The summed E-state index contributed by atoms with van der Waals surface area (Å²) in [4.78, 5) is 15.6. The Morgan fingerprint density at radius 2 is 2.13 bits per heavy atom. The molecular weight excluding hydrogens is 436 g/mol. The van der Waals surface area contributed by atoms with Crippen LogP contribution in [0.15, 0.2) is 40.6 Å². The zero-order valence-corrected chi connectivity index (χ0v) is 19.7. The predicted molar refractivity (Wildman–Crippen MR) is 121 cm³/mol. The molecule has 0 bridgehead atoms. The molecule has 31 heavy (non-hydrogen) atoms. The molecular formula is C22H28N2O5S2. The maximum Gasteiger partial charge on any atom is 0.340 e. The number of hydrogen-bond donors (Lipinski definition) is 1. The molecule has 2 heterocycles. The number of thiophene rings is 1. The third kappa shape index (κ3) is 5.01. The quantitative estimate of drug-likeness (QED) is 0.476. The van der Waals surface area contributed by atoms with Crippen LogP contribution < -0.4 is 0 Å². The third-order valence-electron chi connectivity index (χ3n) is 5.18. The van der Waals surface area contributed by atoms with Crippen molar-refractivity contribution in [2.75, 3.05) is 26.7 Å². The standard InChI is InChI=1S/C22H28N2O5S2/c1-5-24(12-15(2)3)31(27,28)22-20(21(26)29-4)18-9-10-23(14-19(18)30-22)13-16-7-6-8-17(25)11-16/h6-8,11,25H,2,5,9-10,12-14H2,1,3-4H3. The third-order valence-corrected chi connectivity index (χ3v) is 8.82. The maximum absolute atomic E-state index is 13.4. The molecule has 1 aromatic heterocycles. The van der Waals surface area contributed by atoms with Crippen LogP contribution >= 0.6 is 11.3 Å². The van der Waals surface area contributed by atoms with E-state index in [0.717, 1.165) is 32.9 Å². The summed E-state index contributed by atoms with van der Waals surface area (Å²) in [6.07, 6.45) is 0.553. The summed E-state index contributed by atoms with van der Waals surface area (Å²) in [7, 11) is -2.60. The van der Waals surface area contributed by atoms with Gasteiger partial charge in [-0.15, -0.1) is 11.3 Å². The van der Waals surface area contributed by atoms with Gasteiger partial charge in [-0.25, -0.2) is 13.2 Å². The first kappa shape index (κ1) is 23.5. The van der Waals surface area contributed by atoms with Gasteiger partial charge in [0.1, 0.15) is 9.96 Å². The number of phenols is 1. The number of nitrogens with zero attached hydrogens (tertiary/aromatic N) is 2. The Morgan fingerprint density at radius 3 is 2.74 bits per heavy atom. The zero-order chi connectivity index (χ0) is 22.8. The van der Waals surface area contributed by atoms with Crippen LogP contribution in [0, 0.1) is 0 Å². The van der Waals surface area contributed by atoms with Crippen LogP contribution in [0.5, 0.6) is 5.75 Å². The first-order valence-corrected chi connectivity index (χ1v) is 12.3. The Morgan fingerprint density at radius 1 is 1.39 bits per heavy atom. The fraction of sp³-hybridized carbons (Fsp3) is 0.409. The van der Waals surface area contributed by atoms with E-state index in [1.165, 1.54) is 11.4 Å². The average Bonchev–Trinajstić information content (AvgIpc) is 3.10. The molecule has 0 atom stereocenters. The Bertz CT molecular complexity index is 1090. The van der Waals surface area contributed by atoms with Crippen LogP contribution in [0.4, 0.5) is 0 Å². The van der Waals surface area contributed by atoms with Crippen molar-refractivity contribution in [1.29, 1.82) is 0 Å². The highest BCUT2D eigenvalue weighted by molar-refractivity contribution is 7.91. The number of benzene rings is 1. The molecule has 1 aliphatic rings. The van der Waals surface area contributed by atoms with Gasteiger partial charge in [-0.2, -0.15) is 4.31 Å². The van der Waals surface area contributed by atoms with Crippen molar-refractivity contribution in [2.24, 2.45) is 0 Å². The number of carbonyl (C=O) groups excluding carboxylic acids is 1. The van der Waals surface area contributed by atoms with Gasteiger partial charge in [0, 0.05) is 37.6 Å². The van der Waals surface area contributed by atoms with Crippen molar-refractivity contribution in [3.63, 3.8) is 0 Å². The minimum atomic E-state index is -3.87. The van der Waals surface area contributed by atoms with Gasteiger partial charge in [0.25, 0.3) is 10.0 Å². The lowest BCUT2D eigenvalue weighted by Crippen LogP contribution is -2.33. The molecule has 168 valence electrons. The first-order chi connectivity index (χ1) is 14.7. The van der Waals surface area contributed by atoms with Gasteiger partial charge in [-0.3, -0.25) is 4.90 Å². The fourth-order valence-electron chi connectivity index (χ4n) is 3.75. The number of fused-ring (bicyclic) bond motifs is 1. The van der Waals surface area contributed by atoms with E-state index in [0.29, 0.717) is 26.1 Å².